The molecule has 0 saturated heterocycles. The van der Waals surface area contributed by atoms with Crippen LogP contribution in [0.3, 0.4) is 0 Å². The van der Waals surface area contributed by atoms with E-state index in [2.05, 4.69) is 20.9 Å². The van der Waals surface area contributed by atoms with Gasteiger partial charge in [-0.15, -0.1) is 0 Å². The molecule has 0 N–H and O–H groups in total. The molecule has 3 nitrogen and oxygen atoms in total. The van der Waals surface area contributed by atoms with Gasteiger partial charge in [-0.05, 0) is 22.0 Å². The average Bonchev–Trinajstić information content (AvgIpc) is 1.94. The van der Waals surface area contributed by atoms with Gasteiger partial charge in [0.1, 0.15) is 11.5 Å². The summed E-state index contributed by atoms with van der Waals surface area (Å²) in [4.78, 5) is 24.0. The largest absolute Gasteiger partial charge is 0.288 e. The number of carbonyl (C=O) groups is 1. The quantitative estimate of drug-likeness (QED) is 0.425. The predicted molar refractivity (Wildman–Crippen MR) is 39.7 cm³/mol. The second kappa shape index (κ2) is 2.73. The van der Waals surface area contributed by atoms with Crippen LogP contribution in [-0.2, 0) is 9.59 Å². The molecule has 1 aliphatic rings. The third-order valence-electron chi connectivity index (χ3n) is 0.928. The molecule has 0 spiro atoms. The number of hydrogen-bond acceptors (Lipinski definition) is 2. The number of rotatable bonds is 0. The molecule has 0 radical (unpaired) electrons. The van der Waals surface area contributed by atoms with Crippen LogP contribution in [0.25, 0.3) is 0 Å². The molecule has 4 heteroatoms. The van der Waals surface area contributed by atoms with E-state index >= 15 is 0 Å². The molecule has 0 unspecified atom stereocenters. The Labute approximate surface area is 65.3 Å². The lowest BCUT2D eigenvalue weighted by Gasteiger charge is -1.96. The molecule has 1 rings (SSSR count). The van der Waals surface area contributed by atoms with Gasteiger partial charge in [0.05, 0.1) is 0 Å². The molecule has 0 aromatic carbocycles. The van der Waals surface area contributed by atoms with Crippen molar-refractivity contribution in [3.8, 4) is 0 Å². The van der Waals surface area contributed by atoms with E-state index in [-0.39, 0.29) is 5.57 Å². The maximum atomic E-state index is 10.6. The number of halogens is 1. The Morgan fingerprint density at radius 3 is 2.80 bits per heavy atom. The first kappa shape index (κ1) is 7.12. The van der Waals surface area contributed by atoms with Crippen LogP contribution in [0.1, 0.15) is 0 Å². The SMILES string of the molecule is O=C=C1C=C(Br)C=NC1=O. The molecule has 1 amide bonds. The molecule has 10 heavy (non-hydrogen) atoms. The summed E-state index contributed by atoms with van der Waals surface area (Å²) in [7, 11) is 0. The van der Waals surface area contributed by atoms with E-state index in [0.29, 0.717) is 4.48 Å². The van der Waals surface area contributed by atoms with Crippen LogP contribution in [-0.4, -0.2) is 18.1 Å². The highest BCUT2D eigenvalue weighted by atomic mass is 79.9. The monoisotopic (exact) mass is 199 g/mol. The number of amides is 1. The lowest BCUT2D eigenvalue weighted by Crippen LogP contribution is -2.02. The molecule has 0 aromatic rings. The minimum Gasteiger partial charge on any atom is -0.266 e. The normalized spacial score (nSPS) is 16.7. The maximum absolute atomic E-state index is 10.6. The third kappa shape index (κ3) is 1.29. The van der Waals surface area contributed by atoms with Crippen molar-refractivity contribution in [2.24, 2.45) is 4.99 Å². The summed E-state index contributed by atoms with van der Waals surface area (Å²) < 4.78 is 0.602. The van der Waals surface area contributed by atoms with Crippen molar-refractivity contribution >= 4 is 34.0 Å². The third-order valence-corrected chi connectivity index (χ3v) is 1.36. The molecular weight excluding hydrogens is 198 g/mol. The Balaban J connectivity index is 3.10. The lowest BCUT2D eigenvalue weighted by atomic mass is 10.2. The van der Waals surface area contributed by atoms with Gasteiger partial charge in [0.25, 0.3) is 5.91 Å². The first-order chi connectivity index (χ1) is 4.74. The summed E-state index contributed by atoms with van der Waals surface area (Å²) in [6.07, 6.45) is 2.71. The minimum atomic E-state index is -0.543. The van der Waals surface area contributed by atoms with Crippen LogP contribution >= 0.6 is 15.9 Å². The molecule has 1 heterocycles. The van der Waals surface area contributed by atoms with Crippen LogP contribution in [0.15, 0.2) is 21.1 Å². The highest BCUT2D eigenvalue weighted by molar-refractivity contribution is 9.12. The van der Waals surface area contributed by atoms with Gasteiger partial charge >= 0.3 is 0 Å². The summed E-state index contributed by atoms with van der Waals surface area (Å²) in [5.41, 5.74) is -0.0469. The first-order valence-corrected chi connectivity index (χ1v) is 3.24. The molecule has 0 aliphatic carbocycles. The Bertz CT molecular complexity index is 284. The molecular formula is C6H2BrNO2. The predicted octanol–water partition coefficient (Wildman–Crippen LogP) is 0.634. The molecule has 0 bridgehead atoms. The summed E-state index contributed by atoms with van der Waals surface area (Å²) in [5.74, 6) is 0.938. The summed E-state index contributed by atoms with van der Waals surface area (Å²) in [6, 6.07) is 0. The van der Waals surface area contributed by atoms with Crippen LogP contribution in [0.5, 0.6) is 0 Å². The van der Waals surface area contributed by atoms with Crippen LogP contribution < -0.4 is 0 Å². The van der Waals surface area contributed by atoms with Gasteiger partial charge in [0.15, 0.2) is 0 Å². The molecule has 0 aromatic heterocycles. The summed E-state index contributed by atoms with van der Waals surface area (Å²) in [6.45, 7) is 0. The molecule has 0 atom stereocenters. The Morgan fingerprint density at radius 1 is 1.60 bits per heavy atom. The van der Waals surface area contributed by atoms with Gasteiger partial charge in [0.2, 0.25) is 0 Å². The van der Waals surface area contributed by atoms with Crippen LogP contribution in [0.4, 0.5) is 0 Å². The number of nitrogens with zero attached hydrogens (tertiary/aromatic N) is 1. The number of carbonyl (C=O) groups excluding carboxylic acids is 2. The molecule has 0 fully saturated rings. The second-order valence-corrected chi connectivity index (χ2v) is 2.52. The van der Waals surface area contributed by atoms with E-state index in [1.807, 2.05) is 0 Å². The van der Waals surface area contributed by atoms with E-state index < -0.39 is 5.91 Å². The van der Waals surface area contributed by atoms with E-state index in [4.69, 9.17) is 0 Å². The zero-order valence-electron chi connectivity index (χ0n) is 4.80. The van der Waals surface area contributed by atoms with Crippen molar-refractivity contribution in [3.63, 3.8) is 0 Å². The van der Waals surface area contributed by atoms with Crippen LogP contribution in [0.2, 0.25) is 0 Å². The van der Waals surface area contributed by atoms with E-state index in [1.54, 1.807) is 0 Å². The van der Waals surface area contributed by atoms with Crippen LogP contribution in [0, 0.1) is 0 Å². The van der Waals surface area contributed by atoms with Crippen molar-refractivity contribution in [3.05, 3.63) is 16.1 Å². The van der Waals surface area contributed by atoms with Crippen molar-refractivity contribution in [2.75, 3.05) is 0 Å². The summed E-state index contributed by atoms with van der Waals surface area (Å²) >= 11 is 3.06. The van der Waals surface area contributed by atoms with Gasteiger partial charge in [-0.2, -0.15) is 0 Å². The highest BCUT2D eigenvalue weighted by Gasteiger charge is 2.10. The van der Waals surface area contributed by atoms with Gasteiger partial charge in [-0.1, -0.05) is 0 Å². The summed E-state index contributed by atoms with van der Waals surface area (Å²) in [5, 5.41) is 0. The van der Waals surface area contributed by atoms with E-state index in [0.717, 1.165) is 0 Å². The van der Waals surface area contributed by atoms with Crippen molar-refractivity contribution in [1.82, 2.24) is 0 Å². The maximum Gasteiger partial charge on any atom is 0.288 e. The zero-order valence-corrected chi connectivity index (χ0v) is 6.38. The molecule has 50 valence electrons. The fourth-order valence-electron chi connectivity index (χ4n) is 0.500. The minimum absolute atomic E-state index is 0.0469. The number of allylic oxidation sites excluding steroid dienone is 1. The van der Waals surface area contributed by atoms with E-state index in [9.17, 15) is 9.59 Å². The van der Waals surface area contributed by atoms with Gasteiger partial charge in [0, 0.05) is 10.7 Å². The fourth-order valence-corrected chi connectivity index (χ4v) is 0.831. The Kier molecular flexibility index (Phi) is 1.94. The second-order valence-electron chi connectivity index (χ2n) is 1.61. The standard InChI is InChI=1S/C6H2BrNO2/c7-5-1-4(3-9)6(10)8-2-5/h1-2H. The average molecular weight is 200 g/mol. The number of dihydropyridines is 1. The van der Waals surface area contributed by atoms with Gasteiger partial charge in [-0.3, -0.25) is 4.79 Å². The Morgan fingerprint density at radius 2 is 2.30 bits per heavy atom. The van der Waals surface area contributed by atoms with E-state index in [1.165, 1.54) is 18.2 Å². The first-order valence-electron chi connectivity index (χ1n) is 2.45. The lowest BCUT2D eigenvalue weighted by molar-refractivity contribution is -0.113. The highest BCUT2D eigenvalue weighted by Crippen LogP contribution is 2.11. The number of hydrogen-bond donors (Lipinski definition) is 0. The fraction of sp³-hybridized carbons (Fsp3) is 0. The smallest absolute Gasteiger partial charge is 0.266 e. The zero-order chi connectivity index (χ0) is 7.56. The van der Waals surface area contributed by atoms with Gasteiger partial charge < -0.3 is 0 Å². The topological polar surface area (TPSA) is 46.5 Å². The van der Waals surface area contributed by atoms with Crippen molar-refractivity contribution < 1.29 is 9.59 Å². The van der Waals surface area contributed by atoms with Crippen molar-refractivity contribution in [1.29, 1.82) is 0 Å². The Hall–Kier alpha value is -0.990. The van der Waals surface area contributed by atoms with Crippen molar-refractivity contribution in [2.45, 2.75) is 0 Å². The molecule has 1 aliphatic heterocycles. The molecule has 0 saturated carbocycles. The number of aliphatic imine (C=N–C) groups is 1. The van der Waals surface area contributed by atoms with Gasteiger partial charge in [-0.25, -0.2) is 9.79 Å².